The fourth-order valence-electron chi connectivity index (χ4n) is 4.12. The molecule has 0 aliphatic carbocycles. The molecule has 0 radical (unpaired) electrons. The molecule has 1 fully saturated rings. The third-order valence-electron chi connectivity index (χ3n) is 6.09. The highest BCUT2D eigenvalue weighted by molar-refractivity contribution is 5.77. The van der Waals surface area contributed by atoms with Crippen molar-refractivity contribution in [2.24, 2.45) is 0 Å². The number of aryl methyl sites for hydroxylation is 2. The van der Waals surface area contributed by atoms with Crippen LogP contribution in [0.25, 0.3) is 5.65 Å². The van der Waals surface area contributed by atoms with E-state index in [1.165, 1.54) is 0 Å². The Morgan fingerprint density at radius 1 is 1.19 bits per heavy atom. The molecule has 1 aliphatic rings. The van der Waals surface area contributed by atoms with Crippen LogP contribution in [0.3, 0.4) is 0 Å². The lowest BCUT2D eigenvalue weighted by Gasteiger charge is -2.23. The van der Waals surface area contributed by atoms with Gasteiger partial charge < -0.3 is 4.90 Å². The number of fused-ring (bicyclic) bond motifs is 1. The number of rotatable bonds is 4. The molecule has 1 saturated heterocycles. The van der Waals surface area contributed by atoms with Gasteiger partial charge in [0.25, 0.3) is 0 Å². The van der Waals surface area contributed by atoms with Crippen molar-refractivity contribution in [3.8, 4) is 0 Å². The van der Waals surface area contributed by atoms with Crippen LogP contribution in [-0.2, 0) is 23.9 Å². The Balaban J connectivity index is 1.66. The molecule has 1 atom stereocenters. The first-order valence-electron chi connectivity index (χ1n) is 10.4. The first kappa shape index (κ1) is 21.3. The van der Waals surface area contributed by atoms with Crippen LogP contribution in [0.1, 0.15) is 59.8 Å². The zero-order chi connectivity index (χ0) is 22.5. The number of alkyl halides is 3. The average molecular weight is 434 g/mol. The minimum atomic E-state index is -4.55. The van der Waals surface area contributed by atoms with Crippen LogP contribution < -0.4 is 0 Å². The SMILES string of the molecule is CCc1cc(C(F)(F)F)n2nc(C3CCCN3C(=O)Cn3nc(C)c(C)c3C)cc2n1. The van der Waals surface area contributed by atoms with E-state index in [1.54, 1.807) is 22.6 Å². The highest BCUT2D eigenvalue weighted by atomic mass is 19.4. The Bertz CT molecular complexity index is 1150. The summed E-state index contributed by atoms with van der Waals surface area (Å²) >= 11 is 0. The third-order valence-corrected chi connectivity index (χ3v) is 6.09. The maximum absolute atomic E-state index is 13.6. The van der Waals surface area contributed by atoms with Crippen molar-refractivity contribution in [3.63, 3.8) is 0 Å². The summed E-state index contributed by atoms with van der Waals surface area (Å²) < 4.78 is 43.3. The number of aromatic nitrogens is 5. The second-order valence-corrected chi connectivity index (χ2v) is 8.02. The van der Waals surface area contributed by atoms with Crippen molar-refractivity contribution < 1.29 is 18.0 Å². The molecular weight excluding hydrogens is 409 g/mol. The monoisotopic (exact) mass is 434 g/mol. The predicted octanol–water partition coefficient (Wildman–Crippen LogP) is 3.80. The molecule has 0 bridgehead atoms. The van der Waals surface area contributed by atoms with Gasteiger partial charge in [-0.25, -0.2) is 9.50 Å². The van der Waals surface area contributed by atoms with Gasteiger partial charge in [-0.3, -0.25) is 9.48 Å². The zero-order valence-electron chi connectivity index (χ0n) is 18.0. The van der Waals surface area contributed by atoms with E-state index in [0.717, 1.165) is 34.0 Å². The molecular formula is C21H25F3N6O. The van der Waals surface area contributed by atoms with Crippen molar-refractivity contribution in [3.05, 3.63) is 46.2 Å². The van der Waals surface area contributed by atoms with E-state index in [0.29, 0.717) is 30.8 Å². The van der Waals surface area contributed by atoms with E-state index in [9.17, 15) is 18.0 Å². The summed E-state index contributed by atoms with van der Waals surface area (Å²) in [4.78, 5) is 19.0. The minimum absolute atomic E-state index is 0.0937. The van der Waals surface area contributed by atoms with Gasteiger partial charge >= 0.3 is 6.18 Å². The number of likely N-dealkylation sites (tertiary alicyclic amines) is 1. The van der Waals surface area contributed by atoms with Crippen molar-refractivity contribution in [1.82, 2.24) is 29.3 Å². The van der Waals surface area contributed by atoms with Crippen molar-refractivity contribution in [2.45, 2.75) is 65.7 Å². The highest BCUT2D eigenvalue weighted by Crippen LogP contribution is 2.34. The Hall–Kier alpha value is -2.91. The van der Waals surface area contributed by atoms with Crippen LogP contribution in [0.4, 0.5) is 13.2 Å². The molecule has 1 aliphatic heterocycles. The predicted molar refractivity (Wildman–Crippen MR) is 107 cm³/mol. The van der Waals surface area contributed by atoms with Crippen LogP contribution in [0, 0.1) is 20.8 Å². The fourth-order valence-corrected chi connectivity index (χ4v) is 4.12. The highest BCUT2D eigenvalue weighted by Gasteiger charge is 2.37. The second kappa shape index (κ2) is 7.65. The summed E-state index contributed by atoms with van der Waals surface area (Å²) in [5.41, 5.74) is 2.93. The lowest BCUT2D eigenvalue weighted by molar-refractivity contribution is -0.142. The van der Waals surface area contributed by atoms with E-state index >= 15 is 0 Å². The van der Waals surface area contributed by atoms with Crippen LogP contribution in [0.5, 0.6) is 0 Å². The van der Waals surface area contributed by atoms with Crippen LogP contribution in [0.15, 0.2) is 12.1 Å². The normalized spacial score (nSPS) is 17.1. The number of hydrogen-bond acceptors (Lipinski definition) is 4. The number of nitrogens with zero attached hydrogens (tertiary/aromatic N) is 6. The fraction of sp³-hybridized carbons (Fsp3) is 0.524. The van der Waals surface area contributed by atoms with Gasteiger partial charge in [-0.1, -0.05) is 6.92 Å². The minimum Gasteiger partial charge on any atom is -0.332 e. The Morgan fingerprint density at radius 2 is 1.94 bits per heavy atom. The summed E-state index contributed by atoms with van der Waals surface area (Å²) in [7, 11) is 0. The quantitative estimate of drug-likeness (QED) is 0.627. The van der Waals surface area contributed by atoms with Gasteiger partial charge in [-0.2, -0.15) is 23.4 Å². The van der Waals surface area contributed by atoms with E-state index in [-0.39, 0.29) is 24.1 Å². The molecule has 1 unspecified atom stereocenters. The van der Waals surface area contributed by atoms with Crippen molar-refractivity contribution >= 4 is 11.6 Å². The first-order chi connectivity index (χ1) is 14.6. The molecule has 0 aromatic carbocycles. The summed E-state index contributed by atoms with van der Waals surface area (Å²) in [6.45, 7) is 8.17. The molecule has 10 heteroatoms. The number of halogens is 3. The molecule has 31 heavy (non-hydrogen) atoms. The van der Waals surface area contributed by atoms with Gasteiger partial charge in [0, 0.05) is 24.0 Å². The lowest BCUT2D eigenvalue weighted by atomic mass is 10.1. The maximum Gasteiger partial charge on any atom is 0.433 e. The summed E-state index contributed by atoms with van der Waals surface area (Å²) in [5.74, 6) is -0.122. The van der Waals surface area contributed by atoms with Gasteiger partial charge in [-0.15, -0.1) is 0 Å². The van der Waals surface area contributed by atoms with Gasteiger partial charge in [-0.05, 0) is 51.7 Å². The van der Waals surface area contributed by atoms with E-state index in [4.69, 9.17) is 0 Å². The van der Waals surface area contributed by atoms with Gasteiger partial charge in [0.05, 0.1) is 17.4 Å². The topological polar surface area (TPSA) is 68.3 Å². The molecule has 3 aromatic heterocycles. The zero-order valence-corrected chi connectivity index (χ0v) is 18.0. The smallest absolute Gasteiger partial charge is 0.332 e. The molecule has 0 N–H and O–H groups in total. The lowest BCUT2D eigenvalue weighted by Crippen LogP contribution is -2.34. The van der Waals surface area contributed by atoms with Crippen LogP contribution in [0.2, 0.25) is 0 Å². The second-order valence-electron chi connectivity index (χ2n) is 8.02. The third kappa shape index (κ3) is 3.79. The van der Waals surface area contributed by atoms with Gasteiger partial charge in [0.1, 0.15) is 12.2 Å². The van der Waals surface area contributed by atoms with Crippen molar-refractivity contribution in [2.75, 3.05) is 6.54 Å². The Kier molecular flexibility index (Phi) is 5.26. The summed E-state index contributed by atoms with van der Waals surface area (Å²) in [6, 6.07) is 2.23. The number of carbonyl (C=O) groups excluding carboxylic acids is 1. The molecule has 7 nitrogen and oxygen atoms in total. The molecule has 1 amide bonds. The largest absolute Gasteiger partial charge is 0.433 e. The Labute approximate surface area is 177 Å². The van der Waals surface area contributed by atoms with Crippen LogP contribution >= 0.6 is 0 Å². The van der Waals surface area contributed by atoms with Gasteiger partial charge in [0.2, 0.25) is 5.91 Å². The summed E-state index contributed by atoms with van der Waals surface area (Å²) in [6.07, 6.45) is -2.75. The Morgan fingerprint density at radius 3 is 2.55 bits per heavy atom. The molecule has 0 spiro atoms. The number of hydrogen-bond donors (Lipinski definition) is 0. The van der Waals surface area contributed by atoms with Crippen LogP contribution in [-0.4, -0.2) is 41.7 Å². The standard InChI is InChI=1S/C21H25F3N6O/c1-5-15-9-18(21(22,23)24)30-19(25-15)10-16(27-30)17-7-6-8-28(17)20(31)11-29-14(4)12(2)13(3)26-29/h9-10,17H,5-8,11H2,1-4H3. The number of amides is 1. The van der Waals surface area contributed by atoms with E-state index < -0.39 is 11.9 Å². The van der Waals surface area contributed by atoms with Crippen molar-refractivity contribution in [1.29, 1.82) is 0 Å². The average Bonchev–Trinajstić information content (AvgIpc) is 3.41. The molecule has 4 rings (SSSR count). The van der Waals surface area contributed by atoms with Gasteiger partial charge in [0.15, 0.2) is 5.65 Å². The number of carbonyl (C=O) groups is 1. The molecule has 4 heterocycles. The van der Waals surface area contributed by atoms with E-state index in [1.807, 2.05) is 20.8 Å². The van der Waals surface area contributed by atoms with E-state index in [2.05, 4.69) is 15.2 Å². The molecule has 3 aromatic rings. The first-order valence-corrected chi connectivity index (χ1v) is 10.4. The molecule has 0 saturated carbocycles. The maximum atomic E-state index is 13.6. The molecule has 166 valence electrons. The summed E-state index contributed by atoms with van der Waals surface area (Å²) in [5, 5.41) is 8.66.